The van der Waals surface area contributed by atoms with Gasteiger partial charge in [0.15, 0.2) is 0 Å². The number of nitrogens with zero attached hydrogens (tertiary/aromatic N) is 1. The van der Waals surface area contributed by atoms with Crippen molar-refractivity contribution in [2.45, 2.75) is 13.0 Å². The first kappa shape index (κ1) is 9.15. The third kappa shape index (κ3) is 2.02. The fraction of sp³-hybridized carbons (Fsp3) is 0.429. The lowest BCUT2D eigenvalue weighted by Crippen LogP contribution is -2.23. The lowest BCUT2D eigenvalue weighted by atomic mass is 10.2. The molecule has 1 heterocycles. The summed E-state index contributed by atoms with van der Waals surface area (Å²) < 4.78 is 4.73. The van der Waals surface area contributed by atoms with E-state index in [0.717, 1.165) is 0 Å². The van der Waals surface area contributed by atoms with E-state index in [4.69, 9.17) is 10.5 Å². The second kappa shape index (κ2) is 4.18. The first-order valence-corrected chi connectivity index (χ1v) is 4.50. The SMILES string of the molecule is CCOC(=O)C(N)c1cscn1. The van der Waals surface area contributed by atoms with Crippen molar-refractivity contribution in [2.75, 3.05) is 6.61 Å². The molecule has 0 aliphatic carbocycles. The highest BCUT2D eigenvalue weighted by Crippen LogP contribution is 2.11. The lowest BCUT2D eigenvalue weighted by Gasteiger charge is -2.06. The number of rotatable bonds is 3. The minimum absolute atomic E-state index is 0.344. The molecule has 0 saturated heterocycles. The molecule has 0 bridgehead atoms. The van der Waals surface area contributed by atoms with Gasteiger partial charge in [-0.05, 0) is 6.92 Å². The third-order valence-electron chi connectivity index (χ3n) is 1.31. The number of thiazole rings is 1. The van der Waals surface area contributed by atoms with Crippen LogP contribution in [0.2, 0.25) is 0 Å². The predicted molar refractivity (Wildman–Crippen MR) is 45.7 cm³/mol. The largest absolute Gasteiger partial charge is 0.465 e. The molecule has 0 aliphatic heterocycles. The molecular weight excluding hydrogens is 176 g/mol. The van der Waals surface area contributed by atoms with E-state index in [0.29, 0.717) is 12.3 Å². The fourth-order valence-corrected chi connectivity index (χ4v) is 1.32. The van der Waals surface area contributed by atoms with Crippen LogP contribution in [0.3, 0.4) is 0 Å². The first-order chi connectivity index (χ1) is 5.75. The highest BCUT2D eigenvalue weighted by Gasteiger charge is 2.18. The molecule has 0 aliphatic rings. The van der Waals surface area contributed by atoms with Crippen LogP contribution in [0.25, 0.3) is 0 Å². The summed E-state index contributed by atoms with van der Waals surface area (Å²) in [5.74, 6) is -0.427. The number of nitrogens with two attached hydrogens (primary N) is 1. The molecule has 0 radical (unpaired) electrons. The van der Waals surface area contributed by atoms with Crippen LogP contribution in [0.5, 0.6) is 0 Å². The minimum Gasteiger partial charge on any atom is -0.465 e. The van der Waals surface area contributed by atoms with Crippen molar-refractivity contribution in [2.24, 2.45) is 5.73 Å². The van der Waals surface area contributed by atoms with Crippen LogP contribution in [0, 0.1) is 0 Å². The van der Waals surface area contributed by atoms with Gasteiger partial charge in [-0.1, -0.05) is 0 Å². The zero-order valence-electron chi connectivity index (χ0n) is 6.69. The van der Waals surface area contributed by atoms with Crippen LogP contribution in [0.4, 0.5) is 0 Å². The van der Waals surface area contributed by atoms with Gasteiger partial charge in [0.2, 0.25) is 0 Å². The van der Waals surface area contributed by atoms with Gasteiger partial charge in [0, 0.05) is 5.38 Å². The number of carbonyl (C=O) groups is 1. The summed E-state index contributed by atoms with van der Waals surface area (Å²) in [6.45, 7) is 2.09. The summed E-state index contributed by atoms with van der Waals surface area (Å²) >= 11 is 1.40. The van der Waals surface area contributed by atoms with Gasteiger partial charge in [-0.15, -0.1) is 11.3 Å². The number of hydrogen-bond donors (Lipinski definition) is 1. The van der Waals surface area contributed by atoms with Crippen LogP contribution < -0.4 is 5.73 Å². The maximum Gasteiger partial charge on any atom is 0.329 e. The van der Waals surface area contributed by atoms with E-state index in [-0.39, 0.29) is 0 Å². The Morgan fingerprint density at radius 3 is 3.17 bits per heavy atom. The zero-order chi connectivity index (χ0) is 8.97. The van der Waals surface area contributed by atoms with E-state index >= 15 is 0 Å². The average Bonchev–Trinajstić information content (AvgIpc) is 2.55. The van der Waals surface area contributed by atoms with E-state index in [2.05, 4.69) is 4.98 Å². The molecule has 1 atom stereocenters. The molecule has 1 aromatic rings. The quantitative estimate of drug-likeness (QED) is 0.706. The maximum atomic E-state index is 11.1. The Morgan fingerprint density at radius 2 is 2.67 bits per heavy atom. The number of aromatic nitrogens is 1. The van der Waals surface area contributed by atoms with Crippen LogP contribution in [-0.2, 0) is 9.53 Å². The Bertz CT molecular complexity index is 248. The molecule has 0 fully saturated rings. The standard InChI is InChI=1S/C7H10N2O2S/c1-2-11-7(10)6(8)5-3-12-4-9-5/h3-4,6H,2,8H2,1H3. The molecule has 0 spiro atoms. The van der Waals surface area contributed by atoms with E-state index in [1.165, 1.54) is 11.3 Å². The summed E-state index contributed by atoms with van der Waals surface area (Å²) in [4.78, 5) is 15.0. The molecule has 0 aromatic carbocycles. The monoisotopic (exact) mass is 186 g/mol. The molecule has 12 heavy (non-hydrogen) atoms. The summed E-state index contributed by atoms with van der Waals surface area (Å²) in [7, 11) is 0. The van der Waals surface area contributed by atoms with Gasteiger partial charge < -0.3 is 10.5 Å². The topological polar surface area (TPSA) is 65.2 Å². The van der Waals surface area contributed by atoms with Crippen LogP contribution in [0.1, 0.15) is 18.7 Å². The number of ether oxygens (including phenoxy) is 1. The Balaban J connectivity index is 2.59. The molecule has 0 amide bonds. The highest BCUT2D eigenvalue weighted by atomic mass is 32.1. The summed E-state index contributed by atoms with van der Waals surface area (Å²) in [5.41, 5.74) is 7.74. The summed E-state index contributed by atoms with van der Waals surface area (Å²) in [6, 6.07) is -0.740. The molecular formula is C7H10N2O2S. The first-order valence-electron chi connectivity index (χ1n) is 3.56. The van der Waals surface area contributed by atoms with Crippen molar-refractivity contribution in [1.29, 1.82) is 0 Å². The van der Waals surface area contributed by atoms with Gasteiger partial charge in [0.1, 0.15) is 6.04 Å². The van der Waals surface area contributed by atoms with Gasteiger partial charge in [0.25, 0.3) is 0 Å². The fourth-order valence-electron chi connectivity index (χ4n) is 0.728. The zero-order valence-corrected chi connectivity index (χ0v) is 7.50. The van der Waals surface area contributed by atoms with E-state index in [1.54, 1.807) is 17.8 Å². The van der Waals surface area contributed by atoms with Crippen molar-refractivity contribution < 1.29 is 9.53 Å². The lowest BCUT2D eigenvalue weighted by molar-refractivity contribution is -0.144. The second-order valence-corrected chi connectivity index (χ2v) is 2.86. The average molecular weight is 186 g/mol. The second-order valence-electron chi connectivity index (χ2n) is 2.14. The maximum absolute atomic E-state index is 11.1. The molecule has 1 unspecified atom stereocenters. The smallest absolute Gasteiger partial charge is 0.329 e. The number of esters is 1. The van der Waals surface area contributed by atoms with Crippen molar-refractivity contribution in [3.8, 4) is 0 Å². The molecule has 2 N–H and O–H groups in total. The van der Waals surface area contributed by atoms with E-state index in [1.807, 2.05) is 0 Å². The molecule has 1 aromatic heterocycles. The molecule has 66 valence electrons. The van der Waals surface area contributed by atoms with Crippen LogP contribution in [0.15, 0.2) is 10.9 Å². The normalized spacial score (nSPS) is 12.5. The number of carbonyl (C=O) groups excluding carboxylic acids is 1. The highest BCUT2D eigenvalue weighted by molar-refractivity contribution is 7.07. The van der Waals surface area contributed by atoms with Gasteiger partial charge in [0.05, 0.1) is 17.8 Å². The van der Waals surface area contributed by atoms with Gasteiger partial charge in [-0.2, -0.15) is 0 Å². The third-order valence-corrected chi connectivity index (χ3v) is 1.92. The molecule has 4 nitrogen and oxygen atoms in total. The summed E-state index contributed by atoms with van der Waals surface area (Å²) in [6.07, 6.45) is 0. The van der Waals surface area contributed by atoms with Crippen LogP contribution in [-0.4, -0.2) is 17.6 Å². The Morgan fingerprint density at radius 1 is 1.92 bits per heavy atom. The van der Waals surface area contributed by atoms with Gasteiger partial charge in [-0.3, -0.25) is 0 Å². The molecule has 1 rings (SSSR count). The Labute approximate surface area is 74.4 Å². The Hall–Kier alpha value is -0.940. The van der Waals surface area contributed by atoms with E-state index in [9.17, 15) is 4.79 Å². The van der Waals surface area contributed by atoms with Gasteiger partial charge >= 0.3 is 5.97 Å². The van der Waals surface area contributed by atoms with Crippen molar-refractivity contribution in [1.82, 2.24) is 4.98 Å². The molecule has 5 heteroatoms. The van der Waals surface area contributed by atoms with Crippen LogP contribution >= 0.6 is 11.3 Å². The summed E-state index contributed by atoms with van der Waals surface area (Å²) in [5, 5.41) is 1.74. The number of hydrogen-bond acceptors (Lipinski definition) is 5. The minimum atomic E-state index is -0.740. The Kier molecular flexibility index (Phi) is 3.19. The van der Waals surface area contributed by atoms with Crippen molar-refractivity contribution in [3.05, 3.63) is 16.6 Å². The molecule has 0 saturated carbocycles. The van der Waals surface area contributed by atoms with Gasteiger partial charge in [-0.25, -0.2) is 9.78 Å². The van der Waals surface area contributed by atoms with Crippen molar-refractivity contribution in [3.63, 3.8) is 0 Å². The van der Waals surface area contributed by atoms with E-state index < -0.39 is 12.0 Å². The van der Waals surface area contributed by atoms with Crippen molar-refractivity contribution >= 4 is 17.3 Å². The predicted octanol–water partition coefficient (Wildman–Crippen LogP) is 0.706.